The first-order chi connectivity index (χ1) is 14.3. The number of aliphatic hydroxyl groups excluding tert-OH is 1. The second-order valence-corrected chi connectivity index (χ2v) is 9.74. The number of primary amides is 1. The fourth-order valence-electron chi connectivity index (χ4n) is 3.09. The first-order valence-electron chi connectivity index (χ1n) is 9.61. The highest BCUT2D eigenvalue weighted by Crippen LogP contribution is 2.35. The van der Waals surface area contributed by atoms with Crippen molar-refractivity contribution in [3.05, 3.63) is 45.1 Å². The quantitative estimate of drug-likeness (QED) is 0.292. The summed E-state index contributed by atoms with van der Waals surface area (Å²) in [5, 5.41) is 13.4. The van der Waals surface area contributed by atoms with Gasteiger partial charge in [-0.2, -0.15) is 0 Å². The van der Waals surface area contributed by atoms with Crippen molar-refractivity contribution in [2.45, 2.75) is 43.6 Å². The minimum absolute atomic E-state index is 0.0399. The number of hydrogen-bond donors (Lipinski definition) is 4. The SMILES string of the molecule is CC(C)C[C@H](CO)Nc1nc(S[C@@H](C)c2cccc(C(N)=O)c2)nc2[nH]c(=O)sc12. The van der Waals surface area contributed by atoms with Crippen LogP contribution in [0.1, 0.15) is 48.4 Å². The van der Waals surface area contributed by atoms with E-state index in [2.05, 4.69) is 34.1 Å². The predicted molar refractivity (Wildman–Crippen MR) is 121 cm³/mol. The highest BCUT2D eigenvalue weighted by molar-refractivity contribution is 7.99. The van der Waals surface area contributed by atoms with Crippen LogP contribution < -0.4 is 15.9 Å². The number of rotatable bonds is 9. The summed E-state index contributed by atoms with van der Waals surface area (Å²) in [5.41, 5.74) is 7.21. The van der Waals surface area contributed by atoms with E-state index in [1.54, 1.807) is 18.2 Å². The summed E-state index contributed by atoms with van der Waals surface area (Å²) in [7, 11) is 0. The van der Waals surface area contributed by atoms with Crippen LogP contribution in [0.2, 0.25) is 0 Å². The minimum atomic E-state index is -0.478. The van der Waals surface area contributed by atoms with Crippen LogP contribution in [-0.2, 0) is 0 Å². The number of fused-ring (bicyclic) bond motifs is 1. The van der Waals surface area contributed by atoms with Gasteiger partial charge in [-0.15, -0.1) is 0 Å². The molecule has 0 aliphatic rings. The zero-order chi connectivity index (χ0) is 21.8. The Balaban J connectivity index is 1.91. The number of aromatic amines is 1. The summed E-state index contributed by atoms with van der Waals surface area (Å²) in [6.45, 7) is 6.11. The van der Waals surface area contributed by atoms with E-state index in [1.807, 2.05) is 13.0 Å². The normalized spacial score (nSPS) is 13.5. The third-order valence-corrected chi connectivity index (χ3v) is 6.40. The molecule has 0 saturated carbocycles. The van der Waals surface area contributed by atoms with Crippen LogP contribution in [0.25, 0.3) is 10.3 Å². The van der Waals surface area contributed by atoms with Crippen LogP contribution >= 0.6 is 23.1 Å². The van der Waals surface area contributed by atoms with E-state index in [0.717, 1.165) is 23.3 Å². The van der Waals surface area contributed by atoms with Crippen LogP contribution in [0.4, 0.5) is 5.82 Å². The second kappa shape index (κ2) is 9.59. The topological polar surface area (TPSA) is 134 Å². The molecule has 0 radical (unpaired) electrons. The van der Waals surface area contributed by atoms with Crippen molar-refractivity contribution in [2.24, 2.45) is 11.7 Å². The molecular formula is C20H25N5O3S2. The maximum atomic E-state index is 11.9. The van der Waals surface area contributed by atoms with Gasteiger partial charge in [0.25, 0.3) is 0 Å². The zero-order valence-electron chi connectivity index (χ0n) is 17.0. The molecule has 1 aromatic carbocycles. The lowest BCUT2D eigenvalue weighted by atomic mass is 10.0. The van der Waals surface area contributed by atoms with E-state index >= 15 is 0 Å². The number of hydrogen-bond acceptors (Lipinski definition) is 8. The molecule has 0 unspecified atom stereocenters. The molecule has 3 aromatic rings. The molecule has 0 bridgehead atoms. The Hall–Kier alpha value is -2.43. The Morgan fingerprint density at radius 2 is 2.10 bits per heavy atom. The molecule has 2 atom stereocenters. The van der Waals surface area contributed by atoms with E-state index in [-0.39, 0.29) is 22.8 Å². The molecule has 2 heterocycles. The number of thiazole rings is 1. The fraction of sp³-hybridized carbons (Fsp3) is 0.400. The fourth-order valence-corrected chi connectivity index (χ4v) is 4.70. The second-order valence-electron chi connectivity index (χ2n) is 7.45. The lowest BCUT2D eigenvalue weighted by molar-refractivity contribution is 0.1000. The first kappa shape index (κ1) is 22.3. The van der Waals surface area contributed by atoms with Crippen molar-refractivity contribution in [3.8, 4) is 0 Å². The van der Waals surface area contributed by atoms with Gasteiger partial charge in [0.2, 0.25) is 5.91 Å². The van der Waals surface area contributed by atoms with Gasteiger partial charge < -0.3 is 16.2 Å². The van der Waals surface area contributed by atoms with Crippen molar-refractivity contribution in [3.63, 3.8) is 0 Å². The Morgan fingerprint density at radius 1 is 1.33 bits per heavy atom. The molecule has 0 spiro atoms. The van der Waals surface area contributed by atoms with Gasteiger partial charge in [-0.25, -0.2) is 9.97 Å². The Morgan fingerprint density at radius 3 is 2.77 bits per heavy atom. The number of aliphatic hydroxyl groups is 1. The number of nitrogens with one attached hydrogen (secondary N) is 2. The molecular weight excluding hydrogens is 422 g/mol. The maximum Gasteiger partial charge on any atom is 0.306 e. The number of H-pyrrole nitrogens is 1. The van der Waals surface area contributed by atoms with Crippen LogP contribution in [-0.4, -0.2) is 38.6 Å². The van der Waals surface area contributed by atoms with Gasteiger partial charge in [0.15, 0.2) is 16.6 Å². The number of amides is 1. The number of thioether (sulfide) groups is 1. The van der Waals surface area contributed by atoms with E-state index in [1.165, 1.54) is 11.8 Å². The molecule has 0 fully saturated rings. The number of nitrogens with zero attached hydrogens (tertiary/aromatic N) is 2. The summed E-state index contributed by atoms with van der Waals surface area (Å²) >= 11 is 2.45. The number of nitrogens with two attached hydrogens (primary N) is 1. The summed E-state index contributed by atoms with van der Waals surface area (Å²) in [5.74, 6) is 0.446. The summed E-state index contributed by atoms with van der Waals surface area (Å²) in [6, 6.07) is 6.96. The van der Waals surface area contributed by atoms with E-state index in [0.29, 0.717) is 32.8 Å². The molecule has 0 aliphatic carbocycles. The number of benzene rings is 1. The molecule has 0 aliphatic heterocycles. The number of carbonyl (C=O) groups excluding carboxylic acids is 1. The molecule has 0 saturated heterocycles. The number of carbonyl (C=O) groups is 1. The van der Waals surface area contributed by atoms with Gasteiger partial charge in [0.05, 0.1) is 12.6 Å². The summed E-state index contributed by atoms with van der Waals surface area (Å²) in [6.07, 6.45) is 0.764. The first-order valence-corrected chi connectivity index (χ1v) is 11.3. The zero-order valence-corrected chi connectivity index (χ0v) is 18.6. The van der Waals surface area contributed by atoms with Crippen molar-refractivity contribution in [1.82, 2.24) is 15.0 Å². The molecule has 2 aromatic heterocycles. The number of anilines is 1. The average Bonchev–Trinajstić information content (AvgIpc) is 3.07. The third-order valence-electron chi connectivity index (χ3n) is 4.50. The van der Waals surface area contributed by atoms with Crippen LogP contribution in [0, 0.1) is 5.92 Å². The average molecular weight is 448 g/mol. The Bertz CT molecular complexity index is 1100. The van der Waals surface area contributed by atoms with Crippen molar-refractivity contribution >= 4 is 45.2 Å². The predicted octanol–water partition coefficient (Wildman–Crippen LogP) is 3.15. The van der Waals surface area contributed by atoms with Gasteiger partial charge in [-0.3, -0.25) is 14.6 Å². The molecule has 5 N–H and O–H groups in total. The highest BCUT2D eigenvalue weighted by Gasteiger charge is 2.18. The Labute approximate surface area is 182 Å². The molecule has 30 heavy (non-hydrogen) atoms. The van der Waals surface area contributed by atoms with Gasteiger partial charge in [0, 0.05) is 10.8 Å². The van der Waals surface area contributed by atoms with E-state index in [9.17, 15) is 14.7 Å². The van der Waals surface area contributed by atoms with E-state index in [4.69, 9.17) is 5.73 Å². The van der Waals surface area contributed by atoms with Gasteiger partial charge in [-0.05, 0) is 37.0 Å². The lowest BCUT2D eigenvalue weighted by Gasteiger charge is -2.19. The smallest absolute Gasteiger partial charge is 0.306 e. The number of aromatic nitrogens is 3. The van der Waals surface area contributed by atoms with Crippen LogP contribution in [0.15, 0.2) is 34.2 Å². The Kier molecular flexibility index (Phi) is 7.11. The van der Waals surface area contributed by atoms with Crippen LogP contribution in [0.5, 0.6) is 0 Å². The van der Waals surface area contributed by atoms with Gasteiger partial charge in [-0.1, -0.05) is 49.1 Å². The maximum absolute atomic E-state index is 11.9. The third kappa shape index (κ3) is 5.38. The molecule has 160 valence electrons. The molecule has 8 nitrogen and oxygen atoms in total. The molecule has 3 rings (SSSR count). The monoisotopic (exact) mass is 447 g/mol. The van der Waals surface area contributed by atoms with Crippen LogP contribution in [0.3, 0.4) is 0 Å². The molecule has 1 amide bonds. The lowest BCUT2D eigenvalue weighted by Crippen LogP contribution is -2.26. The summed E-state index contributed by atoms with van der Waals surface area (Å²) in [4.78, 5) is 35.0. The van der Waals surface area contributed by atoms with Gasteiger partial charge >= 0.3 is 4.87 Å². The van der Waals surface area contributed by atoms with Crippen molar-refractivity contribution < 1.29 is 9.90 Å². The summed E-state index contributed by atoms with van der Waals surface area (Å²) < 4.78 is 0.634. The van der Waals surface area contributed by atoms with Gasteiger partial charge in [0.1, 0.15) is 4.70 Å². The van der Waals surface area contributed by atoms with E-state index < -0.39 is 5.91 Å². The highest BCUT2D eigenvalue weighted by atomic mass is 32.2. The molecule has 10 heteroatoms. The standard InChI is InChI=1S/C20H25N5O3S2/c1-10(2)7-14(9-26)22-17-15-18(25-20(28)30-15)24-19(23-17)29-11(3)12-5-4-6-13(8-12)16(21)27/h4-6,8,10-11,14,26H,7,9H2,1-3H3,(H2,21,27)(H2,22,23,24,25,28)/t11-,14+/m0/s1. The minimum Gasteiger partial charge on any atom is -0.394 e. The van der Waals surface area contributed by atoms with Crippen molar-refractivity contribution in [1.29, 1.82) is 0 Å². The largest absolute Gasteiger partial charge is 0.394 e. The van der Waals surface area contributed by atoms with Crippen molar-refractivity contribution in [2.75, 3.05) is 11.9 Å².